The summed E-state index contributed by atoms with van der Waals surface area (Å²) in [6, 6.07) is 11.6. The molecule has 3 aromatic rings. The molecule has 3 rings (SSSR count). The van der Waals surface area contributed by atoms with Crippen molar-refractivity contribution in [2.75, 3.05) is 30.5 Å². The molecule has 0 radical (unpaired) electrons. The van der Waals surface area contributed by atoms with E-state index in [1.54, 1.807) is 18.2 Å². The third-order valence-corrected chi connectivity index (χ3v) is 4.55. The van der Waals surface area contributed by atoms with Crippen molar-refractivity contribution in [1.29, 1.82) is 0 Å². The SMILES string of the molecule is CCOc1cc(C(=O)Nc2cc(F)ccc2NC(=O)c2ccccn2)cc(OCC)c1OCC. The monoisotopic (exact) mass is 467 g/mol. The summed E-state index contributed by atoms with van der Waals surface area (Å²) < 4.78 is 31.0. The number of nitrogens with one attached hydrogen (secondary N) is 2. The number of anilines is 2. The highest BCUT2D eigenvalue weighted by molar-refractivity contribution is 6.09. The van der Waals surface area contributed by atoms with E-state index in [4.69, 9.17) is 14.2 Å². The van der Waals surface area contributed by atoms with E-state index in [1.807, 2.05) is 20.8 Å². The zero-order chi connectivity index (χ0) is 24.5. The van der Waals surface area contributed by atoms with Gasteiger partial charge in [0.2, 0.25) is 5.75 Å². The summed E-state index contributed by atoms with van der Waals surface area (Å²) in [4.78, 5) is 29.6. The van der Waals surface area contributed by atoms with Crippen molar-refractivity contribution in [3.63, 3.8) is 0 Å². The maximum absolute atomic E-state index is 14.0. The van der Waals surface area contributed by atoms with Crippen molar-refractivity contribution in [2.24, 2.45) is 0 Å². The van der Waals surface area contributed by atoms with Gasteiger partial charge >= 0.3 is 0 Å². The van der Waals surface area contributed by atoms with Gasteiger partial charge in [0.15, 0.2) is 11.5 Å². The average molecular weight is 467 g/mol. The van der Waals surface area contributed by atoms with Gasteiger partial charge in [-0.2, -0.15) is 0 Å². The van der Waals surface area contributed by atoms with Gasteiger partial charge in [-0.25, -0.2) is 4.39 Å². The number of aromatic nitrogens is 1. The lowest BCUT2D eigenvalue weighted by Gasteiger charge is -2.17. The van der Waals surface area contributed by atoms with Crippen molar-refractivity contribution in [3.05, 3.63) is 71.8 Å². The molecule has 0 bridgehead atoms. The minimum absolute atomic E-state index is 0.0825. The van der Waals surface area contributed by atoms with Crippen molar-refractivity contribution in [1.82, 2.24) is 4.98 Å². The zero-order valence-electron chi connectivity index (χ0n) is 19.2. The van der Waals surface area contributed by atoms with Crippen LogP contribution in [0.25, 0.3) is 0 Å². The van der Waals surface area contributed by atoms with Crippen molar-refractivity contribution < 1.29 is 28.2 Å². The molecular formula is C25H26FN3O5. The molecule has 2 N–H and O–H groups in total. The maximum Gasteiger partial charge on any atom is 0.274 e. The van der Waals surface area contributed by atoms with E-state index in [1.165, 1.54) is 30.5 Å². The molecular weight excluding hydrogens is 441 g/mol. The Hall–Kier alpha value is -4.14. The Labute approximate surface area is 197 Å². The van der Waals surface area contributed by atoms with Crippen molar-refractivity contribution in [3.8, 4) is 17.2 Å². The Morgan fingerprint density at radius 2 is 1.47 bits per heavy atom. The lowest BCUT2D eigenvalue weighted by Crippen LogP contribution is -2.18. The van der Waals surface area contributed by atoms with Gasteiger partial charge in [-0.15, -0.1) is 0 Å². The molecule has 0 spiro atoms. The largest absolute Gasteiger partial charge is 0.490 e. The minimum Gasteiger partial charge on any atom is -0.490 e. The summed E-state index contributed by atoms with van der Waals surface area (Å²) in [5.74, 6) is -0.531. The lowest BCUT2D eigenvalue weighted by molar-refractivity contribution is 0.101. The number of nitrogens with zero attached hydrogens (tertiary/aromatic N) is 1. The smallest absolute Gasteiger partial charge is 0.274 e. The summed E-state index contributed by atoms with van der Waals surface area (Å²) >= 11 is 0. The molecule has 1 aromatic heterocycles. The van der Waals surface area contributed by atoms with Crippen LogP contribution in [0.5, 0.6) is 17.2 Å². The molecule has 2 amide bonds. The highest BCUT2D eigenvalue weighted by Gasteiger charge is 2.20. The number of amides is 2. The van der Waals surface area contributed by atoms with Gasteiger partial charge in [-0.05, 0) is 63.2 Å². The molecule has 34 heavy (non-hydrogen) atoms. The number of carbonyl (C=O) groups is 2. The number of hydrogen-bond donors (Lipinski definition) is 2. The summed E-state index contributed by atoms with van der Waals surface area (Å²) in [5.41, 5.74) is 0.686. The summed E-state index contributed by atoms with van der Waals surface area (Å²) in [5, 5.41) is 5.30. The predicted octanol–water partition coefficient (Wildman–Crippen LogP) is 4.92. The number of rotatable bonds is 10. The van der Waals surface area contributed by atoms with Crippen LogP contribution in [0.15, 0.2) is 54.7 Å². The van der Waals surface area contributed by atoms with Crippen LogP contribution < -0.4 is 24.8 Å². The van der Waals surface area contributed by atoms with Gasteiger partial charge in [0.25, 0.3) is 11.8 Å². The number of benzene rings is 2. The topological polar surface area (TPSA) is 98.8 Å². The van der Waals surface area contributed by atoms with Crippen LogP contribution in [-0.2, 0) is 0 Å². The third kappa shape index (κ3) is 6.00. The second-order valence-electron chi connectivity index (χ2n) is 6.91. The van der Waals surface area contributed by atoms with E-state index < -0.39 is 17.6 Å². The molecule has 0 fully saturated rings. The molecule has 0 atom stereocenters. The second kappa shape index (κ2) is 11.6. The van der Waals surface area contributed by atoms with Crippen LogP contribution in [0.2, 0.25) is 0 Å². The molecule has 0 aliphatic heterocycles. The molecule has 0 aliphatic carbocycles. The Morgan fingerprint density at radius 3 is 2.06 bits per heavy atom. The van der Waals surface area contributed by atoms with Crippen molar-refractivity contribution >= 4 is 23.2 Å². The second-order valence-corrected chi connectivity index (χ2v) is 6.91. The highest BCUT2D eigenvalue weighted by atomic mass is 19.1. The number of ether oxygens (including phenoxy) is 3. The average Bonchev–Trinajstić information content (AvgIpc) is 2.83. The first-order chi connectivity index (χ1) is 16.5. The maximum atomic E-state index is 14.0. The number of hydrogen-bond acceptors (Lipinski definition) is 6. The zero-order valence-corrected chi connectivity index (χ0v) is 19.2. The lowest BCUT2D eigenvalue weighted by atomic mass is 10.1. The molecule has 1 heterocycles. The molecule has 0 saturated carbocycles. The molecule has 0 aliphatic rings. The van der Waals surface area contributed by atoms with Gasteiger partial charge in [0.05, 0.1) is 31.2 Å². The normalized spacial score (nSPS) is 10.4. The van der Waals surface area contributed by atoms with Crippen LogP contribution >= 0.6 is 0 Å². The molecule has 9 heteroatoms. The minimum atomic E-state index is -0.581. The van der Waals surface area contributed by atoms with E-state index in [2.05, 4.69) is 15.6 Å². The summed E-state index contributed by atoms with van der Waals surface area (Å²) in [7, 11) is 0. The standard InChI is InChI=1S/C25H26FN3O5/c1-4-32-21-13-16(14-22(33-5-2)23(21)34-6-3)24(30)29-20-15-17(26)10-11-18(20)28-25(31)19-9-7-8-12-27-19/h7-15H,4-6H2,1-3H3,(H,28,31)(H,29,30). The van der Waals surface area contributed by atoms with Crippen LogP contribution in [0.4, 0.5) is 15.8 Å². The van der Waals surface area contributed by atoms with Crippen LogP contribution in [0, 0.1) is 5.82 Å². The van der Waals surface area contributed by atoms with E-state index >= 15 is 0 Å². The van der Waals surface area contributed by atoms with Crippen LogP contribution in [0.3, 0.4) is 0 Å². The first kappa shape index (κ1) is 24.5. The Bertz CT molecular complexity index is 1130. The molecule has 2 aromatic carbocycles. The fourth-order valence-corrected chi connectivity index (χ4v) is 3.13. The molecule has 0 unspecified atom stereocenters. The first-order valence-electron chi connectivity index (χ1n) is 10.9. The quantitative estimate of drug-likeness (QED) is 0.439. The Morgan fingerprint density at radius 1 is 0.824 bits per heavy atom. The van der Waals surface area contributed by atoms with Gasteiger partial charge in [-0.3, -0.25) is 14.6 Å². The van der Waals surface area contributed by atoms with Gasteiger partial charge < -0.3 is 24.8 Å². The van der Waals surface area contributed by atoms with E-state index in [-0.39, 0.29) is 22.6 Å². The third-order valence-electron chi connectivity index (χ3n) is 4.55. The highest BCUT2D eigenvalue weighted by Crippen LogP contribution is 2.39. The molecule has 178 valence electrons. The summed E-state index contributed by atoms with van der Waals surface area (Å²) in [6.07, 6.45) is 1.49. The molecule has 0 saturated heterocycles. The fraction of sp³-hybridized carbons (Fsp3) is 0.240. The van der Waals surface area contributed by atoms with Crippen LogP contribution in [0.1, 0.15) is 41.6 Å². The van der Waals surface area contributed by atoms with Gasteiger partial charge in [0, 0.05) is 11.8 Å². The van der Waals surface area contributed by atoms with Crippen LogP contribution in [-0.4, -0.2) is 36.6 Å². The number of carbonyl (C=O) groups excluding carboxylic acids is 2. The fourth-order valence-electron chi connectivity index (χ4n) is 3.13. The van der Waals surface area contributed by atoms with Gasteiger partial charge in [0.1, 0.15) is 11.5 Å². The predicted molar refractivity (Wildman–Crippen MR) is 126 cm³/mol. The molecule has 8 nitrogen and oxygen atoms in total. The Balaban J connectivity index is 1.91. The summed E-state index contributed by atoms with van der Waals surface area (Å²) in [6.45, 7) is 6.54. The van der Waals surface area contributed by atoms with Crippen molar-refractivity contribution in [2.45, 2.75) is 20.8 Å². The van der Waals surface area contributed by atoms with Gasteiger partial charge in [-0.1, -0.05) is 6.07 Å². The number of halogens is 1. The van der Waals surface area contributed by atoms with E-state index in [0.29, 0.717) is 37.1 Å². The Kier molecular flexibility index (Phi) is 8.39. The van der Waals surface area contributed by atoms with E-state index in [0.717, 1.165) is 6.07 Å². The first-order valence-corrected chi connectivity index (χ1v) is 10.9. The number of pyridine rings is 1. The van der Waals surface area contributed by atoms with E-state index in [9.17, 15) is 14.0 Å².